The molecule has 1 nitrogen and oxygen atoms in total. The highest BCUT2D eigenvalue weighted by Crippen LogP contribution is 2.22. The zero-order valence-electron chi connectivity index (χ0n) is 9.34. The van der Waals surface area contributed by atoms with E-state index in [1.807, 2.05) is 0 Å². The highest BCUT2D eigenvalue weighted by atomic mass is 35.5. The summed E-state index contributed by atoms with van der Waals surface area (Å²) in [6.07, 6.45) is 3.84. The maximum absolute atomic E-state index is 5.72. The molecule has 0 saturated carbocycles. The Morgan fingerprint density at radius 1 is 1.50 bits per heavy atom. The molecule has 2 unspecified atom stereocenters. The van der Waals surface area contributed by atoms with Gasteiger partial charge in [0, 0.05) is 17.7 Å². The molecule has 1 saturated heterocycles. The van der Waals surface area contributed by atoms with E-state index in [9.17, 15) is 0 Å². The van der Waals surface area contributed by atoms with Crippen molar-refractivity contribution >= 4 is 23.4 Å². The van der Waals surface area contributed by atoms with Gasteiger partial charge in [0.1, 0.15) is 0 Å². The molecule has 0 aromatic heterocycles. The van der Waals surface area contributed by atoms with Gasteiger partial charge in [0.05, 0.1) is 0 Å². The molecule has 0 spiro atoms. The van der Waals surface area contributed by atoms with Crippen LogP contribution in [0.4, 0.5) is 0 Å². The molecule has 1 heterocycles. The van der Waals surface area contributed by atoms with Gasteiger partial charge in [-0.2, -0.15) is 11.8 Å². The second kappa shape index (κ2) is 6.97. The van der Waals surface area contributed by atoms with Crippen LogP contribution in [0, 0.1) is 5.92 Å². The molecule has 0 aliphatic carbocycles. The van der Waals surface area contributed by atoms with E-state index in [0.717, 1.165) is 24.3 Å². The Morgan fingerprint density at radius 2 is 2.29 bits per heavy atom. The normalized spacial score (nSPS) is 24.4. The molecule has 14 heavy (non-hydrogen) atoms. The van der Waals surface area contributed by atoms with Crippen molar-refractivity contribution in [1.82, 2.24) is 4.90 Å². The maximum Gasteiger partial charge on any atom is 0.0225 e. The molecule has 0 radical (unpaired) electrons. The second-order valence-corrected chi connectivity index (χ2v) is 5.90. The van der Waals surface area contributed by atoms with Crippen molar-refractivity contribution in [1.29, 1.82) is 0 Å². The molecule has 0 amide bonds. The van der Waals surface area contributed by atoms with Gasteiger partial charge >= 0.3 is 0 Å². The third-order valence-electron chi connectivity index (χ3n) is 3.11. The topological polar surface area (TPSA) is 3.24 Å². The van der Waals surface area contributed by atoms with E-state index in [2.05, 4.69) is 30.6 Å². The average molecular weight is 236 g/mol. The third kappa shape index (κ3) is 4.41. The molecule has 1 rings (SSSR count). The lowest BCUT2D eigenvalue weighted by Gasteiger charge is -2.24. The smallest absolute Gasteiger partial charge is 0.0225 e. The standard InChI is InChI=1S/C11H22ClNS/c1-10(3-6-12)4-7-13(2)11-5-8-14-9-11/h10-11H,3-9H2,1-2H3. The molecular formula is C11H22ClNS. The lowest BCUT2D eigenvalue weighted by Crippen LogP contribution is -2.32. The summed E-state index contributed by atoms with van der Waals surface area (Å²) in [6, 6.07) is 0.836. The van der Waals surface area contributed by atoms with Crippen LogP contribution in [0.25, 0.3) is 0 Å². The SMILES string of the molecule is CC(CCCl)CCN(C)C1CCSC1. The first-order chi connectivity index (χ1) is 6.74. The van der Waals surface area contributed by atoms with Crippen molar-refractivity contribution in [3.05, 3.63) is 0 Å². The highest BCUT2D eigenvalue weighted by molar-refractivity contribution is 7.99. The largest absolute Gasteiger partial charge is 0.303 e. The summed E-state index contributed by atoms with van der Waals surface area (Å²) in [6.45, 7) is 3.54. The number of alkyl halides is 1. The van der Waals surface area contributed by atoms with Crippen molar-refractivity contribution in [2.75, 3.05) is 31.0 Å². The van der Waals surface area contributed by atoms with E-state index in [0.29, 0.717) is 0 Å². The fourth-order valence-electron chi connectivity index (χ4n) is 1.81. The van der Waals surface area contributed by atoms with Crippen molar-refractivity contribution in [3.8, 4) is 0 Å². The van der Waals surface area contributed by atoms with Crippen molar-refractivity contribution in [3.63, 3.8) is 0 Å². The average Bonchev–Trinajstić information content (AvgIpc) is 2.67. The predicted octanol–water partition coefficient (Wildman–Crippen LogP) is 3.08. The van der Waals surface area contributed by atoms with Crippen LogP contribution in [0.15, 0.2) is 0 Å². The molecular weight excluding hydrogens is 214 g/mol. The van der Waals surface area contributed by atoms with Gasteiger partial charge in [0.15, 0.2) is 0 Å². The number of halogens is 1. The summed E-state index contributed by atoms with van der Waals surface area (Å²) >= 11 is 7.81. The van der Waals surface area contributed by atoms with E-state index < -0.39 is 0 Å². The second-order valence-electron chi connectivity index (χ2n) is 4.37. The van der Waals surface area contributed by atoms with Crippen LogP contribution in [-0.4, -0.2) is 41.9 Å². The van der Waals surface area contributed by atoms with Crippen LogP contribution < -0.4 is 0 Å². The monoisotopic (exact) mass is 235 g/mol. The first kappa shape index (κ1) is 12.7. The molecule has 1 aliphatic rings. The summed E-state index contributed by atoms with van der Waals surface area (Å²) in [5.74, 6) is 4.28. The van der Waals surface area contributed by atoms with E-state index in [1.54, 1.807) is 0 Å². The Hall–Kier alpha value is 0.600. The van der Waals surface area contributed by atoms with Crippen LogP contribution in [0.1, 0.15) is 26.2 Å². The first-order valence-corrected chi connectivity index (χ1v) is 7.27. The van der Waals surface area contributed by atoms with Crippen LogP contribution in [-0.2, 0) is 0 Å². The molecule has 0 N–H and O–H groups in total. The van der Waals surface area contributed by atoms with Gasteiger partial charge in [-0.25, -0.2) is 0 Å². The van der Waals surface area contributed by atoms with Crippen LogP contribution in [0.2, 0.25) is 0 Å². The zero-order valence-corrected chi connectivity index (χ0v) is 10.9. The molecule has 1 fully saturated rings. The van der Waals surface area contributed by atoms with E-state index in [-0.39, 0.29) is 0 Å². The van der Waals surface area contributed by atoms with E-state index in [4.69, 9.17) is 11.6 Å². The van der Waals surface area contributed by atoms with Gasteiger partial charge in [-0.15, -0.1) is 11.6 Å². The molecule has 1 aliphatic heterocycles. The van der Waals surface area contributed by atoms with Crippen molar-refractivity contribution in [2.24, 2.45) is 5.92 Å². The molecule has 0 aromatic carbocycles. The first-order valence-electron chi connectivity index (χ1n) is 5.58. The van der Waals surface area contributed by atoms with Gasteiger partial charge in [0.2, 0.25) is 0 Å². The van der Waals surface area contributed by atoms with Crippen LogP contribution in [0.5, 0.6) is 0 Å². The number of rotatable bonds is 6. The minimum Gasteiger partial charge on any atom is -0.303 e. The van der Waals surface area contributed by atoms with Gasteiger partial charge in [0.25, 0.3) is 0 Å². The number of nitrogens with zero attached hydrogens (tertiary/aromatic N) is 1. The Balaban J connectivity index is 2.10. The third-order valence-corrected chi connectivity index (χ3v) is 4.47. The van der Waals surface area contributed by atoms with Crippen molar-refractivity contribution in [2.45, 2.75) is 32.2 Å². The minimum atomic E-state index is 0.781. The minimum absolute atomic E-state index is 0.781. The number of hydrogen-bond donors (Lipinski definition) is 0. The van der Waals surface area contributed by atoms with Crippen molar-refractivity contribution < 1.29 is 0 Å². The Labute approximate surface area is 97.6 Å². The quantitative estimate of drug-likeness (QED) is 0.651. The molecule has 0 aromatic rings. The number of thioether (sulfide) groups is 1. The summed E-state index contributed by atoms with van der Waals surface area (Å²) < 4.78 is 0. The van der Waals surface area contributed by atoms with Crippen LogP contribution >= 0.6 is 23.4 Å². The summed E-state index contributed by atoms with van der Waals surface area (Å²) in [4.78, 5) is 2.53. The van der Waals surface area contributed by atoms with Gasteiger partial charge in [-0.3, -0.25) is 0 Å². The summed E-state index contributed by atoms with van der Waals surface area (Å²) in [7, 11) is 2.27. The Morgan fingerprint density at radius 3 is 2.86 bits per heavy atom. The molecule has 2 atom stereocenters. The van der Waals surface area contributed by atoms with E-state index in [1.165, 1.54) is 30.9 Å². The van der Waals surface area contributed by atoms with Gasteiger partial charge in [-0.1, -0.05) is 6.92 Å². The van der Waals surface area contributed by atoms with Gasteiger partial charge in [-0.05, 0) is 44.5 Å². The number of hydrogen-bond acceptors (Lipinski definition) is 2. The fraction of sp³-hybridized carbons (Fsp3) is 1.00. The maximum atomic E-state index is 5.72. The van der Waals surface area contributed by atoms with E-state index >= 15 is 0 Å². The molecule has 0 bridgehead atoms. The molecule has 3 heteroatoms. The lowest BCUT2D eigenvalue weighted by atomic mass is 10.0. The fourth-order valence-corrected chi connectivity index (χ4v) is 3.48. The van der Waals surface area contributed by atoms with Gasteiger partial charge < -0.3 is 4.90 Å². The molecule has 84 valence electrons. The van der Waals surface area contributed by atoms with Crippen LogP contribution in [0.3, 0.4) is 0 Å². The Kier molecular flexibility index (Phi) is 6.31. The Bertz CT molecular complexity index is 148. The summed E-state index contributed by atoms with van der Waals surface area (Å²) in [5, 5.41) is 0. The predicted molar refractivity (Wildman–Crippen MR) is 67.5 cm³/mol. The summed E-state index contributed by atoms with van der Waals surface area (Å²) in [5.41, 5.74) is 0. The lowest BCUT2D eigenvalue weighted by molar-refractivity contribution is 0.244. The highest BCUT2D eigenvalue weighted by Gasteiger charge is 2.19. The zero-order chi connectivity index (χ0) is 10.4.